The van der Waals surface area contributed by atoms with E-state index < -0.39 is 12.0 Å². The molecule has 0 saturated heterocycles. The second-order valence-corrected chi connectivity index (χ2v) is 2.69. The summed E-state index contributed by atoms with van der Waals surface area (Å²) in [5, 5.41) is 9.96. The second-order valence-electron chi connectivity index (χ2n) is 1.71. The molecule has 0 aliphatic carbocycles. The fraction of sp³-hybridized carbons (Fsp3) is 0.800. The maximum atomic E-state index is 9.96. The van der Waals surface area contributed by atoms with Crippen LogP contribution >= 0.6 is 11.8 Å². The number of carboxylic acids is 1. The standard InChI is InChI=1S/C5H11NO2S.H3N/c1-9-3-2-4(6)5(7)8;/h4H,2-3,6H2,1H3,(H,7,8);1H3. The van der Waals surface area contributed by atoms with E-state index in [1.54, 1.807) is 11.8 Å². The second kappa shape index (κ2) is 6.85. The van der Waals surface area contributed by atoms with E-state index in [9.17, 15) is 9.90 Å². The van der Waals surface area contributed by atoms with E-state index in [1.807, 2.05) is 6.26 Å². The molecule has 0 aromatic heterocycles. The van der Waals surface area contributed by atoms with Crippen LogP contribution in [0.1, 0.15) is 6.42 Å². The third-order valence-electron chi connectivity index (χ3n) is 0.936. The lowest BCUT2D eigenvalue weighted by molar-refractivity contribution is -0.307. The van der Waals surface area contributed by atoms with E-state index in [2.05, 4.69) is 0 Å². The highest BCUT2D eigenvalue weighted by Gasteiger charge is 2.00. The lowest BCUT2D eigenvalue weighted by Crippen LogP contribution is -2.42. The molecule has 0 aromatic carbocycles. The number of nitrogens with two attached hydrogens (primary N) is 1. The first-order valence-electron chi connectivity index (χ1n) is 2.64. The molecule has 0 bridgehead atoms. The minimum absolute atomic E-state index is 0. The Hall–Kier alpha value is -0.260. The van der Waals surface area contributed by atoms with Gasteiger partial charge in [-0.15, -0.1) is 0 Å². The topological polar surface area (TPSA) is 103 Å². The van der Waals surface area contributed by atoms with Gasteiger partial charge in [-0.25, -0.2) is 0 Å². The van der Waals surface area contributed by atoms with Gasteiger partial charge >= 0.3 is 0 Å². The first-order valence-corrected chi connectivity index (χ1v) is 4.03. The average molecular weight is 166 g/mol. The molecule has 0 radical (unpaired) electrons. The Labute approximate surface area is 64.8 Å². The largest absolute Gasteiger partial charge is 0.548 e. The monoisotopic (exact) mass is 166 g/mol. The van der Waals surface area contributed by atoms with E-state index in [-0.39, 0.29) is 6.15 Å². The predicted octanol–water partition coefficient (Wildman–Crippen LogP) is -0.807. The molecule has 0 aromatic rings. The number of thioether (sulfide) groups is 1. The van der Waals surface area contributed by atoms with Gasteiger partial charge in [0.15, 0.2) is 0 Å². The number of carbonyl (C=O) groups excluding carboxylic acids is 1. The fourth-order valence-electron chi connectivity index (χ4n) is 0.363. The van der Waals surface area contributed by atoms with Crippen LogP contribution in [0.15, 0.2) is 0 Å². The summed E-state index contributed by atoms with van der Waals surface area (Å²) in [5.74, 6) is -0.390. The van der Waals surface area contributed by atoms with Gasteiger partial charge in [0.1, 0.15) is 0 Å². The quantitative estimate of drug-likeness (QED) is 0.570. The molecule has 0 saturated carbocycles. The van der Waals surface area contributed by atoms with E-state index in [0.29, 0.717) is 6.42 Å². The Balaban J connectivity index is 0. The van der Waals surface area contributed by atoms with Crippen LogP contribution in [-0.2, 0) is 4.79 Å². The van der Waals surface area contributed by atoms with Gasteiger partial charge in [0.2, 0.25) is 0 Å². The summed E-state index contributed by atoms with van der Waals surface area (Å²) in [6.07, 6.45) is 2.39. The van der Waals surface area contributed by atoms with Crippen molar-refractivity contribution < 1.29 is 9.90 Å². The average Bonchev–Trinajstić information content (AvgIpc) is 1.82. The number of aliphatic carboxylic acids is 1. The van der Waals surface area contributed by atoms with Crippen molar-refractivity contribution in [3.63, 3.8) is 0 Å². The molecular formula is C5H14N2O2S. The van der Waals surface area contributed by atoms with E-state index in [1.165, 1.54) is 0 Å². The number of rotatable bonds is 4. The third-order valence-corrected chi connectivity index (χ3v) is 1.58. The molecule has 1 atom stereocenters. The van der Waals surface area contributed by atoms with Crippen LogP contribution in [-0.4, -0.2) is 24.0 Å². The van der Waals surface area contributed by atoms with Crippen molar-refractivity contribution >= 4 is 17.7 Å². The zero-order valence-electron chi connectivity index (χ0n) is 6.29. The molecule has 5 heteroatoms. The van der Waals surface area contributed by atoms with Crippen molar-refractivity contribution in [2.24, 2.45) is 5.73 Å². The van der Waals surface area contributed by atoms with Crippen LogP contribution in [0.25, 0.3) is 0 Å². The third kappa shape index (κ3) is 5.87. The van der Waals surface area contributed by atoms with Gasteiger partial charge in [-0.3, -0.25) is 0 Å². The fourth-order valence-corrected chi connectivity index (χ4v) is 0.852. The van der Waals surface area contributed by atoms with Gasteiger partial charge in [0.25, 0.3) is 0 Å². The van der Waals surface area contributed by atoms with E-state index in [0.717, 1.165) is 5.75 Å². The molecule has 0 heterocycles. The Morgan fingerprint density at radius 3 is 2.60 bits per heavy atom. The molecule has 0 amide bonds. The Morgan fingerprint density at radius 1 is 1.80 bits per heavy atom. The smallest absolute Gasteiger partial charge is 0.0582 e. The molecule has 6 N–H and O–H groups in total. The van der Waals surface area contributed by atoms with Crippen molar-refractivity contribution in [2.45, 2.75) is 12.5 Å². The minimum Gasteiger partial charge on any atom is -0.548 e. The van der Waals surface area contributed by atoms with Crippen LogP contribution in [0.3, 0.4) is 0 Å². The number of quaternary nitrogens is 1. The van der Waals surface area contributed by atoms with E-state index in [4.69, 9.17) is 5.73 Å². The van der Waals surface area contributed by atoms with Crippen molar-refractivity contribution in [1.82, 2.24) is 6.15 Å². The molecule has 0 aliphatic rings. The van der Waals surface area contributed by atoms with Crippen LogP contribution in [0.4, 0.5) is 0 Å². The number of carbonyl (C=O) groups is 1. The zero-order valence-corrected chi connectivity index (χ0v) is 7.11. The summed E-state index contributed by atoms with van der Waals surface area (Å²) in [6, 6.07) is -0.794. The lowest BCUT2D eigenvalue weighted by Gasteiger charge is -2.10. The molecule has 4 nitrogen and oxygen atoms in total. The summed E-state index contributed by atoms with van der Waals surface area (Å²) in [5.41, 5.74) is 5.13. The minimum atomic E-state index is -1.16. The number of carboxylic acid groups (broad SMARTS) is 1. The highest BCUT2D eigenvalue weighted by molar-refractivity contribution is 7.98. The number of hydrogen-bond donors (Lipinski definition) is 2. The van der Waals surface area contributed by atoms with Crippen LogP contribution < -0.4 is 17.0 Å². The van der Waals surface area contributed by atoms with Crippen LogP contribution in [0.2, 0.25) is 0 Å². The first-order chi connectivity index (χ1) is 4.18. The molecule has 62 valence electrons. The summed E-state index contributed by atoms with van der Waals surface area (Å²) in [6.45, 7) is 0. The maximum Gasteiger partial charge on any atom is 0.0582 e. The zero-order chi connectivity index (χ0) is 7.28. The molecule has 10 heavy (non-hydrogen) atoms. The van der Waals surface area contributed by atoms with Gasteiger partial charge in [-0.05, 0) is 18.4 Å². The summed E-state index contributed by atoms with van der Waals surface area (Å²) < 4.78 is 0. The van der Waals surface area contributed by atoms with E-state index >= 15 is 0 Å². The molecule has 0 rings (SSSR count). The number of hydrogen-bond acceptors (Lipinski definition) is 4. The van der Waals surface area contributed by atoms with Crippen molar-refractivity contribution in [3.05, 3.63) is 0 Å². The maximum absolute atomic E-state index is 9.96. The normalized spacial score (nSPS) is 11.8. The Kier molecular flexibility index (Phi) is 8.51. The highest BCUT2D eigenvalue weighted by atomic mass is 32.2. The van der Waals surface area contributed by atoms with Gasteiger partial charge in [0.05, 0.1) is 5.97 Å². The van der Waals surface area contributed by atoms with Gasteiger partial charge in [-0.2, -0.15) is 11.8 Å². The SMILES string of the molecule is CSCCC(N)C(=O)[O-].[NH4+]. The Morgan fingerprint density at radius 2 is 2.30 bits per heavy atom. The summed E-state index contributed by atoms with van der Waals surface area (Å²) in [4.78, 5) is 9.96. The van der Waals surface area contributed by atoms with Crippen LogP contribution in [0.5, 0.6) is 0 Å². The van der Waals surface area contributed by atoms with Crippen molar-refractivity contribution in [1.29, 1.82) is 0 Å². The highest BCUT2D eigenvalue weighted by Crippen LogP contribution is 1.96. The summed E-state index contributed by atoms with van der Waals surface area (Å²) >= 11 is 1.58. The molecule has 1 unspecified atom stereocenters. The van der Waals surface area contributed by atoms with Gasteiger partial charge < -0.3 is 21.8 Å². The predicted molar refractivity (Wildman–Crippen MR) is 42.0 cm³/mol. The van der Waals surface area contributed by atoms with Crippen molar-refractivity contribution in [3.8, 4) is 0 Å². The summed E-state index contributed by atoms with van der Waals surface area (Å²) in [7, 11) is 0. The molecular weight excluding hydrogens is 152 g/mol. The molecule has 0 spiro atoms. The Bertz CT molecular complexity index is 99.6. The first kappa shape index (κ1) is 12.4. The van der Waals surface area contributed by atoms with Crippen LogP contribution in [0, 0.1) is 0 Å². The molecule has 0 aliphatic heterocycles. The lowest BCUT2D eigenvalue weighted by atomic mass is 10.2. The van der Waals surface area contributed by atoms with Gasteiger partial charge in [0, 0.05) is 6.04 Å². The molecule has 0 fully saturated rings. The van der Waals surface area contributed by atoms with Crippen molar-refractivity contribution in [2.75, 3.05) is 12.0 Å². The van der Waals surface area contributed by atoms with Gasteiger partial charge in [-0.1, -0.05) is 0 Å².